The van der Waals surface area contributed by atoms with Crippen molar-refractivity contribution in [3.63, 3.8) is 0 Å². The summed E-state index contributed by atoms with van der Waals surface area (Å²) in [6, 6.07) is 0. The first-order chi connectivity index (χ1) is 11.3. The summed E-state index contributed by atoms with van der Waals surface area (Å²) in [5.74, 6) is 1.75. The fraction of sp³-hybridized carbons (Fsp3) is 0.857. The van der Waals surface area contributed by atoms with Gasteiger partial charge in [-0.05, 0) is 24.7 Å². The highest BCUT2D eigenvalue weighted by Gasteiger charge is 2.25. The minimum atomic E-state index is -0.236. The lowest BCUT2D eigenvalue weighted by atomic mass is 9.87. The zero-order chi connectivity index (χ0) is 16.8. The van der Waals surface area contributed by atoms with Gasteiger partial charge in [-0.2, -0.15) is 0 Å². The number of esters is 1. The van der Waals surface area contributed by atoms with Crippen molar-refractivity contribution < 1.29 is 9.53 Å². The summed E-state index contributed by atoms with van der Waals surface area (Å²) in [6.07, 6.45) is 22.8. The van der Waals surface area contributed by atoms with E-state index >= 15 is 0 Å². The van der Waals surface area contributed by atoms with Crippen LogP contribution in [0.25, 0.3) is 0 Å². The molecule has 2 heteroatoms. The monoisotopic (exact) mass is 322 g/mol. The summed E-state index contributed by atoms with van der Waals surface area (Å²) in [6.45, 7) is 2.29. The Hall–Kier alpha value is -0.790. The van der Waals surface area contributed by atoms with E-state index in [1.807, 2.05) is 6.08 Å². The summed E-state index contributed by atoms with van der Waals surface area (Å²) in [5.41, 5.74) is 0. The van der Waals surface area contributed by atoms with Crippen LogP contribution in [0.1, 0.15) is 96.8 Å². The van der Waals surface area contributed by atoms with Crippen molar-refractivity contribution in [2.75, 3.05) is 7.11 Å². The quantitative estimate of drug-likeness (QED) is 0.221. The molecule has 0 spiro atoms. The third-order valence-corrected chi connectivity index (χ3v) is 5.40. The second kappa shape index (κ2) is 13.6. The van der Waals surface area contributed by atoms with Gasteiger partial charge in [-0.1, -0.05) is 90.0 Å². The highest BCUT2D eigenvalue weighted by atomic mass is 16.5. The van der Waals surface area contributed by atoms with Crippen LogP contribution in [0.2, 0.25) is 0 Å². The Morgan fingerprint density at radius 2 is 1.57 bits per heavy atom. The molecule has 0 aromatic rings. The molecule has 2 nitrogen and oxygen atoms in total. The molecule has 0 bridgehead atoms. The van der Waals surface area contributed by atoms with Crippen molar-refractivity contribution in [2.45, 2.75) is 96.8 Å². The summed E-state index contributed by atoms with van der Waals surface area (Å²) < 4.78 is 4.59. The first-order valence-corrected chi connectivity index (χ1v) is 10.0. The molecule has 0 unspecified atom stereocenters. The van der Waals surface area contributed by atoms with E-state index < -0.39 is 0 Å². The SMILES string of the molecule is CCCCCCCC[C@H]1CCC[C@@H]1CCCC/C=C/C(=O)OC. The van der Waals surface area contributed by atoms with Gasteiger partial charge >= 0.3 is 5.97 Å². The molecule has 1 fully saturated rings. The largest absolute Gasteiger partial charge is 0.466 e. The summed E-state index contributed by atoms with van der Waals surface area (Å²) in [4.78, 5) is 11.0. The second-order valence-electron chi connectivity index (χ2n) is 7.22. The lowest BCUT2D eigenvalue weighted by Crippen LogP contribution is -2.08. The van der Waals surface area contributed by atoms with Crippen LogP contribution in [0.4, 0.5) is 0 Å². The van der Waals surface area contributed by atoms with Crippen LogP contribution in [0.5, 0.6) is 0 Å². The van der Waals surface area contributed by atoms with E-state index in [0.29, 0.717) is 0 Å². The maximum absolute atomic E-state index is 11.0. The highest BCUT2D eigenvalue weighted by molar-refractivity contribution is 5.81. The van der Waals surface area contributed by atoms with Crippen LogP contribution < -0.4 is 0 Å². The molecule has 1 saturated carbocycles. The zero-order valence-corrected chi connectivity index (χ0v) is 15.5. The number of allylic oxidation sites excluding steroid dienone is 1. The van der Waals surface area contributed by atoms with Crippen LogP contribution in [-0.2, 0) is 9.53 Å². The number of ether oxygens (including phenoxy) is 1. The van der Waals surface area contributed by atoms with E-state index in [-0.39, 0.29) is 5.97 Å². The van der Waals surface area contributed by atoms with Gasteiger partial charge in [0.1, 0.15) is 0 Å². The number of hydrogen-bond acceptors (Lipinski definition) is 2. The van der Waals surface area contributed by atoms with Gasteiger partial charge in [-0.25, -0.2) is 4.79 Å². The van der Waals surface area contributed by atoms with E-state index in [1.165, 1.54) is 90.6 Å². The van der Waals surface area contributed by atoms with Crippen LogP contribution in [0.3, 0.4) is 0 Å². The Labute approximate surface area is 144 Å². The molecule has 0 heterocycles. The average Bonchev–Trinajstić information content (AvgIpc) is 3.01. The van der Waals surface area contributed by atoms with Gasteiger partial charge in [-0.3, -0.25) is 0 Å². The second-order valence-corrected chi connectivity index (χ2v) is 7.22. The van der Waals surface area contributed by atoms with Gasteiger partial charge in [0, 0.05) is 6.08 Å². The summed E-state index contributed by atoms with van der Waals surface area (Å²) in [5, 5.41) is 0. The highest BCUT2D eigenvalue weighted by Crippen LogP contribution is 2.38. The molecular formula is C21H38O2. The normalized spacial score (nSPS) is 21.1. The molecule has 2 atom stereocenters. The van der Waals surface area contributed by atoms with Gasteiger partial charge in [0.2, 0.25) is 0 Å². The topological polar surface area (TPSA) is 26.3 Å². The number of rotatable bonds is 13. The number of carbonyl (C=O) groups excluding carboxylic acids is 1. The lowest BCUT2D eigenvalue weighted by Gasteiger charge is -2.19. The molecule has 134 valence electrons. The minimum Gasteiger partial charge on any atom is -0.466 e. The molecule has 0 aliphatic heterocycles. The minimum absolute atomic E-state index is 0.236. The van der Waals surface area contributed by atoms with E-state index in [1.54, 1.807) is 6.08 Å². The number of methoxy groups -OCH3 is 1. The molecule has 1 aliphatic carbocycles. The first-order valence-electron chi connectivity index (χ1n) is 10.0. The number of hydrogen-bond donors (Lipinski definition) is 0. The standard InChI is InChI=1S/C21H38O2/c1-3-4-5-6-7-10-14-19-16-13-17-20(19)15-11-8-9-12-18-21(22)23-2/h12,18-20H,3-11,13-17H2,1-2H3/b18-12+/t19-,20-/m0/s1. The Morgan fingerprint density at radius 1 is 0.957 bits per heavy atom. The molecular weight excluding hydrogens is 284 g/mol. The Kier molecular flexibility index (Phi) is 12.0. The fourth-order valence-electron chi connectivity index (χ4n) is 3.98. The van der Waals surface area contributed by atoms with Crippen molar-refractivity contribution >= 4 is 5.97 Å². The molecule has 0 saturated heterocycles. The maximum Gasteiger partial charge on any atom is 0.330 e. The van der Waals surface area contributed by atoms with E-state index in [0.717, 1.165) is 18.3 Å². The summed E-state index contributed by atoms with van der Waals surface area (Å²) in [7, 11) is 1.43. The molecule has 23 heavy (non-hydrogen) atoms. The number of unbranched alkanes of at least 4 members (excludes halogenated alkanes) is 7. The molecule has 0 radical (unpaired) electrons. The molecule has 1 aliphatic rings. The molecule has 1 rings (SSSR count). The summed E-state index contributed by atoms with van der Waals surface area (Å²) >= 11 is 0. The molecule has 0 aromatic carbocycles. The van der Waals surface area contributed by atoms with Gasteiger partial charge in [-0.15, -0.1) is 0 Å². The predicted molar refractivity (Wildman–Crippen MR) is 98.4 cm³/mol. The average molecular weight is 323 g/mol. The van der Waals surface area contributed by atoms with Crippen LogP contribution in [-0.4, -0.2) is 13.1 Å². The Bertz CT molecular complexity index is 322. The zero-order valence-electron chi connectivity index (χ0n) is 15.5. The Balaban J connectivity index is 2.04. The van der Waals surface area contributed by atoms with Gasteiger partial charge in [0.15, 0.2) is 0 Å². The first kappa shape index (κ1) is 20.3. The third kappa shape index (κ3) is 9.84. The lowest BCUT2D eigenvalue weighted by molar-refractivity contribution is -0.134. The molecule has 0 N–H and O–H groups in total. The smallest absolute Gasteiger partial charge is 0.330 e. The number of carbonyl (C=O) groups is 1. The maximum atomic E-state index is 11.0. The van der Waals surface area contributed by atoms with Crippen molar-refractivity contribution in [1.82, 2.24) is 0 Å². The van der Waals surface area contributed by atoms with Crippen LogP contribution in [0, 0.1) is 11.8 Å². The predicted octanol–water partition coefficient (Wildman–Crippen LogP) is 6.44. The van der Waals surface area contributed by atoms with Crippen LogP contribution in [0.15, 0.2) is 12.2 Å². The van der Waals surface area contributed by atoms with Crippen molar-refractivity contribution in [1.29, 1.82) is 0 Å². The van der Waals surface area contributed by atoms with Crippen molar-refractivity contribution in [3.8, 4) is 0 Å². The molecule has 0 amide bonds. The fourth-order valence-corrected chi connectivity index (χ4v) is 3.98. The Morgan fingerprint density at radius 3 is 2.22 bits per heavy atom. The van der Waals surface area contributed by atoms with Crippen molar-refractivity contribution in [3.05, 3.63) is 12.2 Å². The van der Waals surface area contributed by atoms with Gasteiger partial charge in [0.25, 0.3) is 0 Å². The van der Waals surface area contributed by atoms with Crippen LogP contribution >= 0.6 is 0 Å². The van der Waals surface area contributed by atoms with E-state index in [4.69, 9.17) is 0 Å². The van der Waals surface area contributed by atoms with Gasteiger partial charge < -0.3 is 4.74 Å². The molecule has 0 aromatic heterocycles. The van der Waals surface area contributed by atoms with Gasteiger partial charge in [0.05, 0.1) is 7.11 Å². The van der Waals surface area contributed by atoms with E-state index in [9.17, 15) is 4.79 Å². The van der Waals surface area contributed by atoms with Crippen molar-refractivity contribution in [2.24, 2.45) is 11.8 Å². The third-order valence-electron chi connectivity index (χ3n) is 5.40. The van der Waals surface area contributed by atoms with E-state index in [2.05, 4.69) is 11.7 Å².